The monoisotopic (exact) mass is 289 g/mol. The van der Waals surface area contributed by atoms with Crippen LogP contribution in [0.4, 0.5) is 5.69 Å². The van der Waals surface area contributed by atoms with Crippen LogP contribution in [0.5, 0.6) is 5.75 Å². The van der Waals surface area contributed by atoms with Crippen LogP contribution in [0, 0.1) is 5.92 Å². The Kier molecular flexibility index (Phi) is 3.79. The first-order chi connectivity index (χ1) is 10.1. The van der Waals surface area contributed by atoms with E-state index in [1.165, 1.54) is 12.8 Å². The fraction of sp³-hybridized carbons (Fsp3) is 0.467. The quantitative estimate of drug-likeness (QED) is 0.814. The average molecular weight is 289 g/mol. The maximum atomic E-state index is 12.4. The van der Waals surface area contributed by atoms with Gasteiger partial charge in [0.1, 0.15) is 5.75 Å². The van der Waals surface area contributed by atoms with Gasteiger partial charge in [0.25, 0.3) is 5.91 Å². The maximum Gasteiger partial charge on any atom is 0.260 e. The fourth-order valence-corrected chi connectivity index (χ4v) is 2.42. The van der Waals surface area contributed by atoms with Gasteiger partial charge in [-0.05, 0) is 37.4 Å². The van der Waals surface area contributed by atoms with Gasteiger partial charge in [0.2, 0.25) is 5.91 Å². The van der Waals surface area contributed by atoms with E-state index in [-0.39, 0.29) is 19.0 Å². The molecule has 0 spiro atoms. The van der Waals surface area contributed by atoms with Gasteiger partial charge in [-0.25, -0.2) is 0 Å². The number of nitrogens with zero attached hydrogens (tertiary/aromatic N) is 1. The second kappa shape index (κ2) is 5.73. The smallest absolute Gasteiger partial charge is 0.260 e. The van der Waals surface area contributed by atoms with Crippen molar-refractivity contribution in [3.63, 3.8) is 0 Å². The predicted octanol–water partition coefficient (Wildman–Crippen LogP) is 0.265. The number of anilines is 1. The van der Waals surface area contributed by atoms with Gasteiger partial charge in [0.05, 0.1) is 18.8 Å². The lowest BCUT2D eigenvalue weighted by molar-refractivity contribution is -0.125. The van der Waals surface area contributed by atoms with Crippen molar-refractivity contribution in [2.24, 2.45) is 11.7 Å². The highest BCUT2D eigenvalue weighted by Crippen LogP contribution is 2.33. The van der Waals surface area contributed by atoms with Crippen molar-refractivity contribution in [2.75, 3.05) is 24.5 Å². The van der Waals surface area contributed by atoms with Crippen LogP contribution in [-0.4, -0.2) is 37.6 Å². The van der Waals surface area contributed by atoms with E-state index < -0.39 is 12.0 Å². The van der Waals surface area contributed by atoms with Gasteiger partial charge in [-0.1, -0.05) is 12.1 Å². The number of carbonyl (C=O) groups excluding carboxylic acids is 2. The second-order valence-corrected chi connectivity index (χ2v) is 5.56. The number of ether oxygens (including phenoxy) is 1. The Morgan fingerprint density at radius 3 is 2.81 bits per heavy atom. The number of para-hydroxylation sites is 2. The summed E-state index contributed by atoms with van der Waals surface area (Å²) in [5, 5.41) is 3.17. The summed E-state index contributed by atoms with van der Waals surface area (Å²) in [5.41, 5.74) is 6.01. The van der Waals surface area contributed by atoms with Crippen LogP contribution < -0.4 is 20.7 Å². The highest BCUT2D eigenvalue weighted by atomic mass is 16.5. The Hall–Kier alpha value is -2.08. The SMILES string of the molecule is NC(=O)C1CN(C(=O)CNCC2CC2)c2ccccc2O1. The van der Waals surface area contributed by atoms with Crippen molar-refractivity contribution < 1.29 is 14.3 Å². The molecule has 3 N–H and O–H groups in total. The first-order valence-corrected chi connectivity index (χ1v) is 7.21. The van der Waals surface area contributed by atoms with E-state index in [0.717, 1.165) is 6.54 Å². The molecule has 1 aliphatic carbocycles. The molecule has 0 radical (unpaired) electrons. The molecular formula is C15H19N3O3. The zero-order valence-corrected chi connectivity index (χ0v) is 11.7. The van der Waals surface area contributed by atoms with E-state index in [1.807, 2.05) is 12.1 Å². The van der Waals surface area contributed by atoms with Gasteiger partial charge >= 0.3 is 0 Å². The number of primary amides is 1. The van der Waals surface area contributed by atoms with E-state index >= 15 is 0 Å². The molecule has 6 heteroatoms. The second-order valence-electron chi connectivity index (χ2n) is 5.56. The summed E-state index contributed by atoms with van der Waals surface area (Å²) in [6, 6.07) is 7.19. The van der Waals surface area contributed by atoms with Crippen molar-refractivity contribution in [3.8, 4) is 5.75 Å². The van der Waals surface area contributed by atoms with Crippen LogP contribution in [0.15, 0.2) is 24.3 Å². The normalized spacial score (nSPS) is 20.6. The summed E-state index contributed by atoms with van der Waals surface area (Å²) in [6.45, 7) is 1.30. The van der Waals surface area contributed by atoms with Crippen molar-refractivity contribution in [2.45, 2.75) is 18.9 Å². The fourth-order valence-electron chi connectivity index (χ4n) is 2.42. The summed E-state index contributed by atoms with van der Waals surface area (Å²) in [6.07, 6.45) is 1.68. The topological polar surface area (TPSA) is 84.7 Å². The lowest BCUT2D eigenvalue weighted by Crippen LogP contribution is -2.51. The molecule has 112 valence electrons. The molecule has 2 aliphatic rings. The minimum Gasteiger partial charge on any atom is -0.477 e. The largest absolute Gasteiger partial charge is 0.477 e. The van der Waals surface area contributed by atoms with E-state index in [1.54, 1.807) is 17.0 Å². The standard InChI is InChI=1S/C15H19N3O3/c16-15(20)13-9-18(11-3-1-2-4-12(11)21-13)14(19)8-17-7-10-5-6-10/h1-4,10,13,17H,5-9H2,(H2,16,20). The molecule has 1 aliphatic heterocycles. The van der Waals surface area contributed by atoms with Crippen LogP contribution in [0.2, 0.25) is 0 Å². The van der Waals surface area contributed by atoms with E-state index in [9.17, 15) is 9.59 Å². The number of rotatable bonds is 5. The van der Waals surface area contributed by atoms with Gasteiger partial charge in [-0.15, -0.1) is 0 Å². The molecule has 21 heavy (non-hydrogen) atoms. The third kappa shape index (κ3) is 3.16. The van der Waals surface area contributed by atoms with Crippen LogP contribution in [0.1, 0.15) is 12.8 Å². The molecule has 0 bridgehead atoms. The van der Waals surface area contributed by atoms with Crippen LogP contribution in [0.25, 0.3) is 0 Å². The number of hydrogen-bond acceptors (Lipinski definition) is 4. The highest BCUT2D eigenvalue weighted by Gasteiger charge is 2.32. The van der Waals surface area contributed by atoms with Crippen molar-refractivity contribution >= 4 is 17.5 Å². The van der Waals surface area contributed by atoms with Crippen LogP contribution in [-0.2, 0) is 9.59 Å². The molecule has 1 heterocycles. The molecule has 3 rings (SSSR count). The molecule has 2 amide bonds. The third-order valence-electron chi connectivity index (χ3n) is 3.80. The molecule has 1 aromatic carbocycles. The molecule has 6 nitrogen and oxygen atoms in total. The zero-order chi connectivity index (χ0) is 14.8. The van der Waals surface area contributed by atoms with Crippen molar-refractivity contribution in [1.29, 1.82) is 0 Å². The number of benzene rings is 1. The Morgan fingerprint density at radius 1 is 1.33 bits per heavy atom. The summed E-state index contributed by atoms with van der Waals surface area (Å²) in [5.74, 6) is 0.599. The summed E-state index contributed by atoms with van der Waals surface area (Å²) in [4.78, 5) is 25.4. The molecule has 0 aromatic heterocycles. The number of nitrogens with one attached hydrogen (secondary N) is 1. The molecular weight excluding hydrogens is 270 g/mol. The van der Waals surface area contributed by atoms with Gasteiger partial charge < -0.3 is 20.7 Å². The first-order valence-electron chi connectivity index (χ1n) is 7.21. The van der Waals surface area contributed by atoms with Gasteiger partial charge in [-0.3, -0.25) is 9.59 Å². The number of fused-ring (bicyclic) bond motifs is 1. The van der Waals surface area contributed by atoms with Gasteiger partial charge in [0, 0.05) is 0 Å². The van der Waals surface area contributed by atoms with E-state index in [2.05, 4.69) is 5.32 Å². The minimum atomic E-state index is -0.799. The number of carbonyl (C=O) groups is 2. The lowest BCUT2D eigenvalue weighted by Gasteiger charge is -2.33. The van der Waals surface area contributed by atoms with Crippen LogP contribution >= 0.6 is 0 Å². The molecule has 1 unspecified atom stereocenters. The average Bonchev–Trinajstić information content (AvgIpc) is 3.30. The van der Waals surface area contributed by atoms with E-state index in [0.29, 0.717) is 17.4 Å². The van der Waals surface area contributed by atoms with Gasteiger partial charge in [0.15, 0.2) is 6.10 Å². The Bertz CT molecular complexity index is 557. The Labute approximate surface area is 123 Å². The molecule has 1 saturated carbocycles. The highest BCUT2D eigenvalue weighted by molar-refractivity contribution is 5.98. The molecule has 1 fully saturated rings. The number of amides is 2. The van der Waals surface area contributed by atoms with Crippen molar-refractivity contribution in [3.05, 3.63) is 24.3 Å². The summed E-state index contributed by atoms with van der Waals surface area (Å²) >= 11 is 0. The predicted molar refractivity (Wildman–Crippen MR) is 78.0 cm³/mol. The Balaban J connectivity index is 1.72. The van der Waals surface area contributed by atoms with Gasteiger partial charge in [-0.2, -0.15) is 0 Å². The number of hydrogen-bond donors (Lipinski definition) is 2. The zero-order valence-electron chi connectivity index (χ0n) is 11.7. The Morgan fingerprint density at radius 2 is 2.10 bits per heavy atom. The van der Waals surface area contributed by atoms with Crippen molar-refractivity contribution in [1.82, 2.24) is 5.32 Å². The number of nitrogens with two attached hydrogens (primary N) is 1. The third-order valence-corrected chi connectivity index (χ3v) is 3.80. The summed E-state index contributed by atoms with van der Waals surface area (Å²) in [7, 11) is 0. The first kappa shape index (κ1) is 13.9. The molecule has 0 saturated heterocycles. The molecule has 1 aromatic rings. The summed E-state index contributed by atoms with van der Waals surface area (Å²) < 4.78 is 5.54. The van der Waals surface area contributed by atoms with Crippen LogP contribution in [0.3, 0.4) is 0 Å². The lowest BCUT2D eigenvalue weighted by atomic mass is 10.1. The van der Waals surface area contributed by atoms with E-state index in [4.69, 9.17) is 10.5 Å². The minimum absolute atomic E-state index is 0.0716. The molecule has 1 atom stereocenters. The maximum absolute atomic E-state index is 12.4.